The Labute approximate surface area is 168 Å². The molecule has 0 bridgehead atoms. The van der Waals surface area contributed by atoms with Gasteiger partial charge in [-0.25, -0.2) is 0 Å². The highest BCUT2D eigenvalue weighted by atomic mass is 35.5. The molecule has 0 spiro atoms. The summed E-state index contributed by atoms with van der Waals surface area (Å²) in [6.07, 6.45) is 2.86. The Morgan fingerprint density at radius 2 is 1.43 bits per heavy atom. The monoisotopic (exact) mass is 393 g/mol. The Bertz CT molecular complexity index is 1060. The minimum atomic E-state index is -0.348. The molecule has 0 radical (unpaired) electrons. The Balaban J connectivity index is 1.78. The molecule has 2 amide bonds. The van der Waals surface area contributed by atoms with Crippen LogP contribution in [-0.2, 0) is 0 Å². The van der Waals surface area contributed by atoms with Gasteiger partial charge in [0.1, 0.15) is 0 Å². The van der Waals surface area contributed by atoms with E-state index in [0.717, 1.165) is 22.4 Å². The SMILES string of the molecule is Cc1ccc(C)c(NC(=O)c2cncc(C(=O)Nc3ccc(Cl)cc3C)c2)c1. The van der Waals surface area contributed by atoms with Crippen LogP contribution in [0.3, 0.4) is 0 Å². The summed E-state index contributed by atoms with van der Waals surface area (Å²) >= 11 is 5.95. The molecule has 3 rings (SSSR count). The van der Waals surface area contributed by atoms with Crippen LogP contribution in [0, 0.1) is 20.8 Å². The second kappa shape index (κ2) is 8.23. The zero-order valence-corrected chi connectivity index (χ0v) is 16.6. The lowest BCUT2D eigenvalue weighted by Crippen LogP contribution is -2.17. The number of anilines is 2. The number of aryl methyl sites for hydroxylation is 3. The summed E-state index contributed by atoms with van der Waals surface area (Å²) in [5.41, 5.74) is 4.84. The Morgan fingerprint density at radius 1 is 0.786 bits per heavy atom. The average molecular weight is 394 g/mol. The van der Waals surface area contributed by atoms with E-state index >= 15 is 0 Å². The molecule has 0 aliphatic heterocycles. The molecule has 5 nitrogen and oxygen atoms in total. The van der Waals surface area contributed by atoms with Crippen LogP contribution in [0.5, 0.6) is 0 Å². The molecule has 1 aromatic heterocycles. The van der Waals surface area contributed by atoms with Crippen molar-refractivity contribution in [1.82, 2.24) is 4.98 Å². The third kappa shape index (κ3) is 4.56. The number of carbonyl (C=O) groups excluding carboxylic acids is 2. The van der Waals surface area contributed by atoms with Crippen LogP contribution in [0.2, 0.25) is 5.02 Å². The molecule has 1 heterocycles. The second-order valence-corrected chi connectivity index (χ2v) is 7.08. The molecule has 0 fully saturated rings. The van der Waals surface area contributed by atoms with Gasteiger partial charge in [0.15, 0.2) is 0 Å². The van der Waals surface area contributed by atoms with E-state index in [1.54, 1.807) is 18.2 Å². The van der Waals surface area contributed by atoms with Gasteiger partial charge in [0.2, 0.25) is 0 Å². The van der Waals surface area contributed by atoms with Gasteiger partial charge in [-0.15, -0.1) is 0 Å². The average Bonchev–Trinajstić information content (AvgIpc) is 2.67. The predicted octanol–water partition coefficient (Wildman–Crippen LogP) is 5.16. The van der Waals surface area contributed by atoms with Crippen LogP contribution < -0.4 is 10.6 Å². The molecule has 0 aliphatic carbocycles. The summed E-state index contributed by atoms with van der Waals surface area (Å²) in [5.74, 6) is -0.669. The zero-order valence-electron chi connectivity index (χ0n) is 15.8. The standard InChI is InChI=1S/C22H20ClN3O2/c1-13-4-5-14(2)20(8-13)26-22(28)17-10-16(11-24-12-17)21(27)25-19-7-6-18(23)9-15(19)3/h4-12H,1-3H3,(H,25,27)(H,26,28). The number of pyridine rings is 1. The lowest BCUT2D eigenvalue weighted by Gasteiger charge is -2.11. The van der Waals surface area contributed by atoms with E-state index in [2.05, 4.69) is 15.6 Å². The number of hydrogen-bond acceptors (Lipinski definition) is 3. The fraction of sp³-hybridized carbons (Fsp3) is 0.136. The van der Waals surface area contributed by atoms with Crippen LogP contribution in [0.1, 0.15) is 37.4 Å². The number of halogens is 1. The highest BCUT2D eigenvalue weighted by Gasteiger charge is 2.13. The van der Waals surface area contributed by atoms with Crippen molar-refractivity contribution in [3.05, 3.63) is 87.7 Å². The fourth-order valence-corrected chi connectivity index (χ4v) is 2.94. The van der Waals surface area contributed by atoms with E-state index in [-0.39, 0.29) is 11.8 Å². The predicted molar refractivity (Wildman–Crippen MR) is 112 cm³/mol. The number of benzene rings is 2. The summed E-state index contributed by atoms with van der Waals surface area (Å²) in [5, 5.41) is 6.29. The minimum absolute atomic E-state index is 0.294. The quantitative estimate of drug-likeness (QED) is 0.642. The van der Waals surface area contributed by atoms with Gasteiger partial charge >= 0.3 is 0 Å². The summed E-state index contributed by atoms with van der Waals surface area (Å²) in [6, 6.07) is 12.6. The smallest absolute Gasteiger partial charge is 0.257 e. The van der Waals surface area contributed by atoms with Crippen molar-refractivity contribution in [2.24, 2.45) is 0 Å². The number of amides is 2. The molecule has 2 aromatic carbocycles. The van der Waals surface area contributed by atoms with E-state index in [9.17, 15) is 9.59 Å². The van der Waals surface area contributed by atoms with Gasteiger partial charge in [-0.1, -0.05) is 23.7 Å². The summed E-state index contributed by atoms with van der Waals surface area (Å²) < 4.78 is 0. The van der Waals surface area contributed by atoms with Gasteiger partial charge in [-0.05, 0) is 67.8 Å². The fourth-order valence-electron chi connectivity index (χ4n) is 2.72. The first-order valence-electron chi connectivity index (χ1n) is 8.74. The maximum Gasteiger partial charge on any atom is 0.257 e. The third-order valence-electron chi connectivity index (χ3n) is 4.34. The molecule has 28 heavy (non-hydrogen) atoms. The first-order chi connectivity index (χ1) is 13.3. The number of aromatic nitrogens is 1. The van der Waals surface area contributed by atoms with Crippen LogP contribution in [0.25, 0.3) is 0 Å². The molecule has 0 saturated heterocycles. The van der Waals surface area contributed by atoms with Crippen molar-refractivity contribution in [3.63, 3.8) is 0 Å². The number of rotatable bonds is 4. The number of carbonyl (C=O) groups is 2. The van der Waals surface area contributed by atoms with Gasteiger partial charge in [-0.2, -0.15) is 0 Å². The first-order valence-corrected chi connectivity index (χ1v) is 9.12. The van der Waals surface area contributed by atoms with Crippen molar-refractivity contribution in [2.75, 3.05) is 10.6 Å². The van der Waals surface area contributed by atoms with Crippen LogP contribution in [0.4, 0.5) is 11.4 Å². The van der Waals surface area contributed by atoms with E-state index in [1.807, 2.05) is 39.0 Å². The lowest BCUT2D eigenvalue weighted by molar-refractivity contribution is 0.102. The number of nitrogens with one attached hydrogen (secondary N) is 2. The number of hydrogen-bond donors (Lipinski definition) is 2. The highest BCUT2D eigenvalue weighted by Crippen LogP contribution is 2.21. The van der Waals surface area contributed by atoms with Crippen LogP contribution >= 0.6 is 11.6 Å². The van der Waals surface area contributed by atoms with Crippen molar-refractivity contribution in [3.8, 4) is 0 Å². The summed E-state index contributed by atoms with van der Waals surface area (Å²) in [6.45, 7) is 5.74. The molecule has 142 valence electrons. The third-order valence-corrected chi connectivity index (χ3v) is 4.58. The normalized spacial score (nSPS) is 10.4. The van der Waals surface area contributed by atoms with E-state index in [4.69, 9.17) is 11.6 Å². The van der Waals surface area contributed by atoms with Gasteiger partial charge in [0, 0.05) is 28.8 Å². The molecule has 0 saturated carbocycles. The zero-order chi connectivity index (χ0) is 20.3. The number of nitrogens with zero attached hydrogens (tertiary/aromatic N) is 1. The largest absolute Gasteiger partial charge is 0.322 e. The molecule has 6 heteroatoms. The van der Waals surface area contributed by atoms with E-state index < -0.39 is 0 Å². The second-order valence-electron chi connectivity index (χ2n) is 6.65. The topological polar surface area (TPSA) is 71.1 Å². The maximum absolute atomic E-state index is 12.6. The molecule has 2 N–H and O–H groups in total. The van der Waals surface area contributed by atoms with Crippen LogP contribution in [0.15, 0.2) is 54.9 Å². The van der Waals surface area contributed by atoms with Crippen molar-refractivity contribution in [2.45, 2.75) is 20.8 Å². The molecular formula is C22H20ClN3O2. The molecule has 0 aliphatic rings. The minimum Gasteiger partial charge on any atom is -0.322 e. The lowest BCUT2D eigenvalue weighted by atomic mass is 10.1. The Kier molecular flexibility index (Phi) is 5.76. The van der Waals surface area contributed by atoms with Gasteiger partial charge in [0.25, 0.3) is 11.8 Å². The first kappa shape index (κ1) is 19.6. The van der Waals surface area contributed by atoms with Crippen molar-refractivity contribution in [1.29, 1.82) is 0 Å². The van der Waals surface area contributed by atoms with Gasteiger partial charge in [-0.3, -0.25) is 14.6 Å². The highest BCUT2D eigenvalue weighted by molar-refractivity contribution is 6.30. The van der Waals surface area contributed by atoms with Crippen molar-refractivity contribution >= 4 is 34.8 Å². The maximum atomic E-state index is 12.6. The van der Waals surface area contributed by atoms with Crippen molar-refractivity contribution < 1.29 is 9.59 Å². The Morgan fingerprint density at radius 3 is 2.07 bits per heavy atom. The molecular weight excluding hydrogens is 374 g/mol. The van der Waals surface area contributed by atoms with Gasteiger partial charge < -0.3 is 10.6 Å². The van der Waals surface area contributed by atoms with E-state index in [1.165, 1.54) is 18.5 Å². The van der Waals surface area contributed by atoms with Gasteiger partial charge in [0.05, 0.1) is 11.1 Å². The molecule has 3 aromatic rings. The van der Waals surface area contributed by atoms with E-state index in [0.29, 0.717) is 21.8 Å². The summed E-state index contributed by atoms with van der Waals surface area (Å²) in [4.78, 5) is 29.2. The summed E-state index contributed by atoms with van der Waals surface area (Å²) in [7, 11) is 0. The molecule has 0 atom stereocenters. The Hall–Kier alpha value is -3.18. The van der Waals surface area contributed by atoms with Crippen LogP contribution in [-0.4, -0.2) is 16.8 Å². The molecule has 0 unspecified atom stereocenters.